The number of pyridine rings is 1. The van der Waals surface area contributed by atoms with Crippen molar-refractivity contribution in [2.75, 3.05) is 17.1 Å². The van der Waals surface area contributed by atoms with Gasteiger partial charge in [0.15, 0.2) is 5.75 Å². The number of halogens is 3. The Kier molecular flexibility index (Phi) is 6.70. The van der Waals surface area contributed by atoms with E-state index in [2.05, 4.69) is 10.0 Å². The molecule has 4 rings (SSSR count). The Bertz CT molecular complexity index is 1310. The number of rotatable bonds is 7. The maximum atomic E-state index is 14.5. The number of methoxy groups -OCH3 is 1. The number of hydrogen-bond donors (Lipinski definition) is 2. The van der Waals surface area contributed by atoms with Gasteiger partial charge in [0, 0.05) is 29.1 Å². The standard InChI is InChI=1S/C23H22Cl2FN3O3S/c1-12-4-7-18(17(26)8-12)27-23-22(19(32-3)11-21(30)29(23)2)28-33(31)20-10-15(20)14-6-5-13(24)9-16(14)25/h4-9,11,15,20,27-28H,10H2,1-3H3. The van der Waals surface area contributed by atoms with Crippen molar-refractivity contribution in [3.63, 3.8) is 0 Å². The lowest BCUT2D eigenvalue weighted by Crippen LogP contribution is -2.22. The summed E-state index contributed by atoms with van der Waals surface area (Å²) in [6.45, 7) is 1.78. The third-order valence-electron chi connectivity index (χ3n) is 5.57. The molecule has 10 heteroatoms. The van der Waals surface area contributed by atoms with Crippen LogP contribution >= 0.6 is 23.2 Å². The van der Waals surface area contributed by atoms with E-state index in [4.69, 9.17) is 27.9 Å². The van der Waals surface area contributed by atoms with Crippen LogP contribution in [0.4, 0.5) is 21.6 Å². The minimum atomic E-state index is -1.53. The van der Waals surface area contributed by atoms with Crippen LogP contribution in [0.15, 0.2) is 47.3 Å². The second kappa shape index (κ2) is 9.37. The van der Waals surface area contributed by atoms with Crippen LogP contribution in [-0.2, 0) is 18.0 Å². The maximum Gasteiger partial charge on any atom is 0.255 e. The lowest BCUT2D eigenvalue weighted by Gasteiger charge is -2.20. The Morgan fingerprint density at radius 3 is 2.61 bits per heavy atom. The zero-order chi connectivity index (χ0) is 23.9. The van der Waals surface area contributed by atoms with Crippen LogP contribution in [0, 0.1) is 12.7 Å². The number of benzene rings is 2. The molecule has 1 heterocycles. The molecule has 3 unspecified atom stereocenters. The van der Waals surface area contributed by atoms with Crippen molar-refractivity contribution in [3.8, 4) is 5.75 Å². The zero-order valence-corrected chi connectivity index (χ0v) is 20.4. The van der Waals surface area contributed by atoms with Gasteiger partial charge in [-0.25, -0.2) is 8.60 Å². The number of aromatic nitrogens is 1. The van der Waals surface area contributed by atoms with Crippen LogP contribution in [-0.4, -0.2) is 21.1 Å². The molecule has 3 aromatic rings. The van der Waals surface area contributed by atoms with Gasteiger partial charge in [-0.3, -0.25) is 14.1 Å². The molecule has 1 aliphatic rings. The van der Waals surface area contributed by atoms with Crippen LogP contribution in [0.1, 0.15) is 23.5 Å². The summed E-state index contributed by atoms with van der Waals surface area (Å²) < 4.78 is 37.4. The quantitative estimate of drug-likeness (QED) is 0.439. The molecule has 33 heavy (non-hydrogen) atoms. The summed E-state index contributed by atoms with van der Waals surface area (Å²) in [4.78, 5) is 12.5. The van der Waals surface area contributed by atoms with E-state index in [9.17, 15) is 13.4 Å². The minimum absolute atomic E-state index is 0.00702. The molecular formula is C23H22Cl2FN3O3S. The molecular weight excluding hydrogens is 488 g/mol. The monoisotopic (exact) mass is 509 g/mol. The van der Waals surface area contributed by atoms with Gasteiger partial charge in [0.2, 0.25) is 0 Å². The second-order valence-corrected chi connectivity index (χ2v) is 10.1. The van der Waals surface area contributed by atoms with Crippen molar-refractivity contribution in [3.05, 3.63) is 79.8 Å². The highest BCUT2D eigenvalue weighted by Gasteiger charge is 2.45. The first kappa shape index (κ1) is 23.6. The van der Waals surface area contributed by atoms with Crippen molar-refractivity contribution in [1.29, 1.82) is 0 Å². The molecule has 0 spiro atoms. The fourth-order valence-electron chi connectivity index (χ4n) is 3.64. The molecule has 0 radical (unpaired) electrons. The topological polar surface area (TPSA) is 72.4 Å². The number of nitrogens with zero attached hydrogens (tertiary/aromatic N) is 1. The smallest absolute Gasteiger partial charge is 0.255 e. The van der Waals surface area contributed by atoms with E-state index in [1.165, 1.54) is 30.9 Å². The number of anilines is 3. The average Bonchev–Trinajstić information content (AvgIpc) is 3.55. The summed E-state index contributed by atoms with van der Waals surface area (Å²) in [6.07, 6.45) is 0.671. The number of ether oxygens (including phenoxy) is 1. The molecule has 174 valence electrons. The van der Waals surface area contributed by atoms with E-state index >= 15 is 0 Å². The van der Waals surface area contributed by atoms with Crippen LogP contribution in [0.3, 0.4) is 0 Å². The molecule has 0 bridgehead atoms. The van der Waals surface area contributed by atoms with E-state index in [1.807, 2.05) is 6.07 Å². The first-order valence-corrected chi connectivity index (χ1v) is 12.1. The molecule has 2 aromatic carbocycles. The van der Waals surface area contributed by atoms with Gasteiger partial charge in [0.1, 0.15) is 28.3 Å². The predicted octanol–water partition coefficient (Wildman–Crippen LogP) is 5.52. The summed E-state index contributed by atoms with van der Waals surface area (Å²) in [6, 6.07) is 11.3. The van der Waals surface area contributed by atoms with Crippen LogP contribution in [0.5, 0.6) is 5.75 Å². The Hall–Kier alpha value is -2.55. The first-order chi connectivity index (χ1) is 15.7. The third-order valence-corrected chi connectivity index (χ3v) is 7.61. The van der Waals surface area contributed by atoms with Crippen molar-refractivity contribution >= 4 is 51.4 Å². The van der Waals surface area contributed by atoms with E-state index < -0.39 is 16.8 Å². The third kappa shape index (κ3) is 4.88. The summed E-state index contributed by atoms with van der Waals surface area (Å²) in [5.74, 6) is -0.0371. The Balaban J connectivity index is 1.65. The highest BCUT2D eigenvalue weighted by molar-refractivity contribution is 7.87. The second-order valence-electron chi connectivity index (χ2n) is 7.89. The van der Waals surface area contributed by atoms with Gasteiger partial charge in [-0.05, 0) is 48.7 Å². The summed E-state index contributed by atoms with van der Waals surface area (Å²) in [5, 5.41) is 3.82. The maximum absolute atomic E-state index is 14.5. The molecule has 0 saturated heterocycles. The van der Waals surface area contributed by atoms with Crippen LogP contribution in [0.2, 0.25) is 10.0 Å². The fraction of sp³-hybridized carbons (Fsp3) is 0.261. The summed E-state index contributed by atoms with van der Waals surface area (Å²) in [5.41, 5.74) is 1.75. The van der Waals surface area contributed by atoms with Gasteiger partial charge in [-0.1, -0.05) is 35.3 Å². The number of aryl methyl sites for hydroxylation is 1. The lowest BCUT2D eigenvalue weighted by atomic mass is 10.1. The predicted molar refractivity (Wildman–Crippen MR) is 132 cm³/mol. The molecule has 0 aliphatic heterocycles. The fourth-order valence-corrected chi connectivity index (χ4v) is 5.57. The summed E-state index contributed by atoms with van der Waals surface area (Å²) >= 11 is 12.3. The normalized spacial score (nSPS) is 18.0. The largest absolute Gasteiger partial charge is 0.494 e. The van der Waals surface area contributed by atoms with E-state index in [1.54, 1.807) is 31.2 Å². The lowest BCUT2D eigenvalue weighted by molar-refractivity contribution is 0.415. The van der Waals surface area contributed by atoms with Crippen molar-refractivity contribution < 1.29 is 13.3 Å². The highest BCUT2D eigenvalue weighted by Crippen LogP contribution is 2.48. The Labute approximate surface area is 203 Å². The molecule has 1 fully saturated rings. The SMILES string of the molecule is COc1cc(=O)n(C)c(Nc2ccc(C)cc2F)c1NS(=O)C1CC1c1ccc(Cl)cc1Cl. The molecule has 6 nitrogen and oxygen atoms in total. The van der Waals surface area contributed by atoms with Gasteiger partial charge < -0.3 is 10.1 Å². The van der Waals surface area contributed by atoms with Gasteiger partial charge >= 0.3 is 0 Å². The average molecular weight is 510 g/mol. The molecule has 1 aromatic heterocycles. The Morgan fingerprint density at radius 1 is 1.18 bits per heavy atom. The van der Waals surface area contributed by atoms with Crippen molar-refractivity contribution in [2.45, 2.75) is 24.5 Å². The molecule has 3 atom stereocenters. The Morgan fingerprint density at radius 2 is 1.94 bits per heavy atom. The van der Waals surface area contributed by atoms with Gasteiger partial charge in [0.25, 0.3) is 5.56 Å². The van der Waals surface area contributed by atoms with E-state index in [0.717, 1.165) is 11.1 Å². The first-order valence-electron chi connectivity index (χ1n) is 10.1. The summed E-state index contributed by atoms with van der Waals surface area (Å²) in [7, 11) is 1.42. The van der Waals surface area contributed by atoms with Crippen molar-refractivity contribution in [2.24, 2.45) is 7.05 Å². The van der Waals surface area contributed by atoms with Crippen LogP contribution in [0.25, 0.3) is 0 Å². The molecule has 2 N–H and O–H groups in total. The number of hydrogen-bond acceptors (Lipinski definition) is 4. The van der Waals surface area contributed by atoms with E-state index in [0.29, 0.717) is 22.2 Å². The van der Waals surface area contributed by atoms with E-state index in [-0.39, 0.29) is 34.0 Å². The zero-order valence-electron chi connectivity index (χ0n) is 18.1. The molecule has 1 aliphatic carbocycles. The number of nitrogens with one attached hydrogen (secondary N) is 2. The van der Waals surface area contributed by atoms with Gasteiger partial charge in [0.05, 0.1) is 18.0 Å². The van der Waals surface area contributed by atoms with Crippen LogP contribution < -0.4 is 20.3 Å². The molecule has 0 amide bonds. The van der Waals surface area contributed by atoms with Crippen molar-refractivity contribution in [1.82, 2.24) is 4.57 Å². The van der Waals surface area contributed by atoms with Gasteiger partial charge in [-0.15, -0.1) is 0 Å². The molecule has 1 saturated carbocycles. The van der Waals surface area contributed by atoms with Gasteiger partial charge in [-0.2, -0.15) is 0 Å². The minimum Gasteiger partial charge on any atom is -0.494 e. The highest BCUT2D eigenvalue weighted by atomic mass is 35.5.